The van der Waals surface area contributed by atoms with Gasteiger partial charge in [0, 0.05) is 5.46 Å². The van der Waals surface area contributed by atoms with Gasteiger partial charge in [-0.1, -0.05) is 13.0 Å². The summed E-state index contributed by atoms with van der Waals surface area (Å²) in [4.78, 5) is 0. The first-order valence-electron chi connectivity index (χ1n) is 6.99. The topological polar surface area (TPSA) is 18.5 Å². The monoisotopic (exact) mass is 296 g/mol. The Morgan fingerprint density at radius 2 is 1.85 bits per heavy atom. The van der Waals surface area contributed by atoms with E-state index in [9.17, 15) is 4.39 Å². The lowest BCUT2D eigenvalue weighted by molar-refractivity contribution is 0.00578. The van der Waals surface area contributed by atoms with E-state index in [1.807, 2.05) is 46.1 Å². The summed E-state index contributed by atoms with van der Waals surface area (Å²) in [6, 6.07) is 0. The largest absolute Gasteiger partial charge is 0.496 e. The van der Waals surface area contributed by atoms with Crippen molar-refractivity contribution in [2.24, 2.45) is 0 Å². The van der Waals surface area contributed by atoms with E-state index in [0.29, 0.717) is 4.53 Å². The molecule has 2 rings (SSSR count). The SMILES string of the molecule is CCC=c1c(B2OC(C)(C)C(C)(C)O2)csc1=C(C)F. The first kappa shape index (κ1) is 15.7. The summed E-state index contributed by atoms with van der Waals surface area (Å²) in [5.41, 5.74) is 0.178. The molecule has 1 aromatic rings. The molecule has 0 atom stereocenters. The van der Waals surface area contributed by atoms with Crippen molar-refractivity contribution in [3.63, 3.8) is 0 Å². The summed E-state index contributed by atoms with van der Waals surface area (Å²) < 4.78 is 26.5. The van der Waals surface area contributed by atoms with Gasteiger partial charge in [0.2, 0.25) is 0 Å². The smallest absolute Gasteiger partial charge is 0.399 e. The molecule has 0 radical (unpaired) electrons. The average Bonchev–Trinajstić information content (AvgIpc) is 2.79. The molecule has 1 aromatic heterocycles. The Morgan fingerprint density at radius 3 is 2.30 bits per heavy atom. The minimum Gasteiger partial charge on any atom is -0.399 e. The Morgan fingerprint density at radius 1 is 1.30 bits per heavy atom. The van der Waals surface area contributed by atoms with Crippen LogP contribution in [0, 0.1) is 0 Å². The van der Waals surface area contributed by atoms with Crippen molar-refractivity contribution >= 4 is 35.8 Å². The fraction of sp³-hybridized carbons (Fsp3) is 0.600. The molecule has 0 aromatic carbocycles. The lowest BCUT2D eigenvalue weighted by Crippen LogP contribution is -2.46. The molecule has 0 N–H and O–H groups in total. The van der Waals surface area contributed by atoms with E-state index in [4.69, 9.17) is 9.31 Å². The standard InChI is InChI=1S/C15H22BFO2S/c1-7-8-11-12(9-20-13(11)10(2)17)16-18-14(3,4)15(5,6)19-16/h8-9H,7H2,1-6H3. The third-order valence-electron chi connectivity index (χ3n) is 4.09. The molecule has 2 nitrogen and oxygen atoms in total. The Labute approximate surface area is 124 Å². The van der Waals surface area contributed by atoms with Gasteiger partial charge in [0.15, 0.2) is 0 Å². The van der Waals surface area contributed by atoms with Crippen LogP contribution in [-0.4, -0.2) is 18.3 Å². The van der Waals surface area contributed by atoms with E-state index in [-0.39, 0.29) is 17.0 Å². The molecule has 1 aliphatic rings. The van der Waals surface area contributed by atoms with E-state index < -0.39 is 7.12 Å². The first-order chi connectivity index (χ1) is 9.19. The Hall–Kier alpha value is -0.645. The highest BCUT2D eigenvalue weighted by molar-refractivity contribution is 7.09. The molecule has 0 bridgehead atoms. The van der Waals surface area contributed by atoms with Crippen LogP contribution in [-0.2, 0) is 9.31 Å². The summed E-state index contributed by atoms with van der Waals surface area (Å²) in [6.45, 7) is 11.6. The Bertz CT molecular complexity index is 598. The highest BCUT2D eigenvalue weighted by Crippen LogP contribution is 2.36. The molecule has 0 spiro atoms. The predicted octanol–water partition coefficient (Wildman–Crippen LogP) is 2.34. The molecule has 5 heteroatoms. The van der Waals surface area contributed by atoms with Gasteiger partial charge >= 0.3 is 7.12 Å². The van der Waals surface area contributed by atoms with Crippen LogP contribution in [0.2, 0.25) is 0 Å². The van der Waals surface area contributed by atoms with Crippen LogP contribution in [0.5, 0.6) is 0 Å². The normalized spacial score (nSPS) is 23.4. The zero-order chi connectivity index (χ0) is 15.1. The van der Waals surface area contributed by atoms with E-state index in [1.54, 1.807) is 0 Å². The molecule has 20 heavy (non-hydrogen) atoms. The van der Waals surface area contributed by atoms with E-state index in [1.165, 1.54) is 18.3 Å². The van der Waals surface area contributed by atoms with E-state index in [0.717, 1.165) is 17.1 Å². The van der Waals surface area contributed by atoms with Crippen LogP contribution in [0.4, 0.5) is 4.39 Å². The van der Waals surface area contributed by atoms with Gasteiger partial charge in [-0.05, 0) is 51.6 Å². The summed E-state index contributed by atoms with van der Waals surface area (Å²) in [5.74, 6) is -0.155. The highest BCUT2D eigenvalue weighted by atomic mass is 32.1. The number of hydrogen-bond acceptors (Lipinski definition) is 3. The van der Waals surface area contributed by atoms with Crippen molar-refractivity contribution in [2.45, 2.75) is 59.2 Å². The third-order valence-corrected chi connectivity index (χ3v) is 5.20. The van der Waals surface area contributed by atoms with Gasteiger partial charge in [0.1, 0.15) is 5.83 Å². The summed E-state index contributed by atoms with van der Waals surface area (Å²) >= 11 is 1.41. The van der Waals surface area contributed by atoms with Crippen molar-refractivity contribution in [1.82, 2.24) is 0 Å². The van der Waals surface area contributed by atoms with Crippen LogP contribution in [0.25, 0.3) is 11.9 Å². The second kappa shape index (κ2) is 5.28. The van der Waals surface area contributed by atoms with Gasteiger partial charge in [0.25, 0.3) is 0 Å². The third kappa shape index (κ3) is 2.59. The second-order valence-corrected chi connectivity index (χ2v) is 7.05. The molecule has 0 unspecified atom stereocenters. The Balaban J connectivity index is 2.53. The summed E-state index contributed by atoms with van der Waals surface area (Å²) in [5, 5.41) is 2.86. The number of hydrogen-bond donors (Lipinski definition) is 0. The molecule has 1 fully saturated rings. The molecule has 1 saturated heterocycles. The van der Waals surface area contributed by atoms with Gasteiger partial charge in [-0.15, -0.1) is 11.3 Å². The number of thiophene rings is 1. The second-order valence-electron chi connectivity index (χ2n) is 6.17. The maximum atomic E-state index is 13.6. The van der Waals surface area contributed by atoms with Crippen LogP contribution >= 0.6 is 11.3 Å². The fourth-order valence-corrected chi connectivity index (χ4v) is 3.19. The minimum atomic E-state index is -0.429. The number of halogens is 1. The van der Waals surface area contributed by atoms with Gasteiger partial charge in [0.05, 0.1) is 15.7 Å². The highest BCUT2D eigenvalue weighted by Gasteiger charge is 2.52. The van der Waals surface area contributed by atoms with Gasteiger partial charge in [-0.2, -0.15) is 0 Å². The van der Waals surface area contributed by atoms with Crippen LogP contribution in [0.1, 0.15) is 48.0 Å². The molecule has 2 heterocycles. The average molecular weight is 296 g/mol. The van der Waals surface area contributed by atoms with Crippen molar-refractivity contribution in [2.75, 3.05) is 0 Å². The maximum absolute atomic E-state index is 13.6. The predicted molar refractivity (Wildman–Crippen MR) is 84.2 cm³/mol. The number of rotatable bonds is 2. The van der Waals surface area contributed by atoms with Crippen LogP contribution in [0.15, 0.2) is 5.38 Å². The van der Waals surface area contributed by atoms with Crippen LogP contribution < -0.4 is 15.2 Å². The van der Waals surface area contributed by atoms with Crippen molar-refractivity contribution in [3.05, 3.63) is 15.1 Å². The molecule has 0 amide bonds. The zero-order valence-electron chi connectivity index (χ0n) is 13.0. The molecular weight excluding hydrogens is 274 g/mol. The lowest BCUT2D eigenvalue weighted by atomic mass is 9.80. The lowest BCUT2D eigenvalue weighted by Gasteiger charge is -2.32. The van der Waals surface area contributed by atoms with Crippen molar-refractivity contribution < 1.29 is 13.7 Å². The van der Waals surface area contributed by atoms with Crippen molar-refractivity contribution in [3.8, 4) is 0 Å². The molecule has 0 aliphatic carbocycles. The van der Waals surface area contributed by atoms with Crippen molar-refractivity contribution in [1.29, 1.82) is 0 Å². The molecule has 1 aliphatic heterocycles. The summed E-state index contributed by atoms with van der Waals surface area (Å²) in [6.07, 6.45) is 2.89. The van der Waals surface area contributed by atoms with Gasteiger partial charge < -0.3 is 9.31 Å². The quantitative estimate of drug-likeness (QED) is 0.780. The Kier molecular flexibility index (Phi) is 4.16. The van der Waals surface area contributed by atoms with E-state index >= 15 is 0 Å². The van der Waals surface area contributed by atoms with Crippen LogP contribution in [0.3, 0.4) is 0 Å². The van der Waals surface area contributed by atoms with Gasteiger partial charge in [-0.3, -0.25) is 0 Å². The van der Waals surface area contributed by atoms with Gasteiger partial charge in [-0.25, -0.2) is 4.39 Å². The van der Waals surface area contributed by atoms with E-state index in [2.05, 4.69) is 0 Å². The zero-order valence-corrected chi connectivity index (χ0v) is 13.9. The maximum Gasteiger partial charge on any atom is 0.496 e. The molecule has 0 saturated carbocycles. The fourth-order valence-electron chi connectivity index (χ4n) is 2.21. The first-order valence-corrected chi connectivity index (χ1v) is 7.87. The summed E-state index contributed by atoms with van der Waals surface area (Å²) in [7, 11) is -0.429. The molecular formula is C15H22BFO2S. The minimum absolute atomic E-state index is 0.155. The molecule has 110 valence electrons.